The van der Waals surface area contributed by atoms with Gasteiger partial charge in [-0.3, -0.25) is 4.79 Å². The van der Waals surface area contributed by atoms with Gasteiger partial charge in [-0.15, -0.1) is 0 Å². The van der Waals surface area contributed by atoms with Gasteiger partial charge in [0.25, 0.3) is 0 Å². The third-order valence-corrected chi connectivity index (χ3v) is 3.48. The highest BCUT2D eigenvalue weighted by Gasteiger charge is 2.27. The van der Waals surface area contributed by atoms with Crippen LogP contribution in [-0.4, -0.2) is 35.0 Å². The van der Waals surface area contributed by atoms with E-state index in [0.29, 0.717) is 6.54 Å². The van der Waals surface area contributed by atoms with E-state index in [2.05, 4.69) is 20.2 Å². The molecule has 1 amide bonds. The number of anilines is 1. The first kappa shape index (κ1) is 14.8. The van der Waals surface area contributed by atoms with Crippen LogP contribution < -0.4 is 10.2 Å². The monoisotopic (exact) mass is 276 g/mol. The molecule has 1 N–H and O–H groups in total. The van der Waals surface area contributed by atoms with Crippen LogP contribution >= 0.6 is 0 Å². The number of hydrogen-bond acceptors (Lipinski definition) is 4. The van der Waals surface area contributed by atoms with Crippen molar-refractivity contribution in [3.63, 3.8) is 0 Å². The summed E-state index contributed by atoms with van der Waals surface area (Å²) >= 11 is 0. The summed E-state index contributed by atoms with van der Waals surface area (Å²) in [5.41, 5.74) is 1.95. The lowest BCUT2D eigenvalue weighted by Crippen LogP contribution is -2.45. The number of hydrogen-bond donors (Lipinski definition) is 1. The first-order valence-corrected chi connectivity index (χ1v) is 7.33. The molecule has 0 radical (unpaired) electrons. The van der Waals surface area contributed by atoms with Crippen molar-refractivity contribution in [1.29, 1.82) is 0 Å². The fourth-order valence-corrected chi connectivity index (χ4v) is 2.62. The van der Waals surface area contributed by atoms with Gasteiger partial charge < -0.3 is 10.2 Å². The minimum atomic E-state index is 0.0376. The van der Waals surface area contributed by atoms with Crippen LogP contribution in [0.2, 0.25) is 0 Å². The second-order valence-corrected chi connectivity index (χ2v) is 5.90. The summed E-state index contributed by atoms with van der Waals surface area (Å²) in [5, 5.41) is 3.00. The van der Waals surface area contributed by atoms with Gasteiger partial charge in [-0.2, -0.15) is 0 Å². The summed E-state index contributed by atoms with van der Waals surface area (Å²) in [7, 11) is 0. The molecule has 0 spiro atoms. The van der Waals surface area contributed by atoms with Crippen LogP contribution in [0.25, 0.3) is 0 Å². The number of carbonyl (C=O) groups excluding carboxylic acids is 1. The molecule has 1 aromatic heterocycles. The summed E-state index contributed by atoms with van der Waals surface area (Å²) in [6, 6.07) is 2.16. The zero-order chi connectivity index (χ0) is 14.7. The number of aromatic nitrogens is 2. The predicted molar refractivity (Wildman–Crippen MR) is 79.7 cm³/mol. The average Bonchev–Trinajstić information content (AvgIpc) is 2.37. The highest BCUT2D eigenvalue weighted by atomic mass is 16.2. The Bertz CT molecular complexity index is 467. The van der Waals surface area contributed by atoms with Gasteiger partial charge in [0.2, 0.25) is 11.9 Å². The maximum absolute atomic E-state index is 12.1. The molecule has 20 heavy (non-hydrogen) atoms. The summed E-state index contributed by atoms with van der Waals surface area (Å²) in [6.07, 6.45) is 1.95. The Morgan fingerprint density at radius 3 is 2.60 bits per heavy atom. The molecule has 0 bridgehead atoms. The van der Waals surface area contributed by atoms with E-state index in [4.69, 9.17) is 0 Å². The summed E-state index contributed by atoms with van der Waals surface area (Å²) in [6.45, 7) is 9.57. The molecule has 1 aliphatic heterocycles. The van der Waals surface area contributed by atoms with Gasteiger partial charge in [-0.05, 0) is 46.6 Å². The smallest absolute Gasteiger partial charge is 0.225 e. The van der Waals surface area contributed by atoms with Gasteiger partial charge in [0.15, 0.2) is 0 Å². The third-order valence-electron chi connectivity index (χ3n) is 3.48. The van der Waals surface area contributed by atoms with Crippen molar-refractivity contribution in [1.82, 2.24) is 15.3 Å². The van der Waals surface area contributed by atoms with Gasteiger partial charge in [0.1, 0.15) is 0 Å². The number of amides is 1. The molecule has 2 rings (SSSR count). The van der Waals surface area contributed by atoms with Gasteiger partial charge >= 0.3 is 0 Å². The van der Waals surface area contributed by atoms with E-state index in [1.54, 1.807) is 0 Å². The summed E-state index contributed by atoms with van der Waals surface area (Å²) in [4.78, 5) is 23.3. The predicted octanol–water partition coefficient (Wildman–Crippen LogP) is 1.83. The van der Waals surface area contributed by atoms with Crippen LogP contribution in [0.1, 0.15) is 38.1 Å². The van der Waals surface area contributed by atoms with E-state index in [1.165, 1.54) is 0 Å². The van der Waals surface area contributed by atoms with Crippen LogP contribution in [0.15, 0.2) is 6.07 Å². The average molecular weight is 276 g/mol. The van der Waals surface area contributed by atoms with Crippen LogP contribution in [0.4, 0.5) is 5.95 Å². The van der Waals surface area contributed by atoms with Crippen LogP contribution in [0.3, 0.4) is 0 Å². The standard InChI is InChI=1S/C15H24N4O/c1-10(2)16-14(20)13-6-5-7-19(9-13)15-17-11(3)8-12(4)18-15/h8,10,13H,5-7,9H2,1-4H3,(H,16,20)/t13-/m1/s1. The van der Waals surface area contributed by atoms with Crippen LogP contribution in [0.5, 0.6) is 0 Å². The Morgan fingerprint density at radius 1 is 1.35 bits per heavy atom. The highest BCUT2D eigenvalue weighted by molar-refractivity contribution is 5.79. The molecule has 1 saturated heterocycles. The van der Waals surface area contributed by atoms with Crippen LogP contribution in [0, 0.1) is 19.8 Å². The Hall–Kier alpha value is -1.65. The Morgan fingerprint density at radius 2 is 2.00 bits per heavy atom. The molecule has 1 atom stereocenters. The first-order valence-electron chi connectivity index (χ1n) is 7.33. The fraction of sp³-hybridized carbons (Fsp3) is 0.667. The quantitative estimate of drug-likeness (QED) is 0.915. The lowest BCUT2D eigenvalue weighted by molar-refractivity contribution is -0.125. The van der Waals surface area contributed by atoms with E-state index >= 15 is 0 Å². The Labute approximate surface area is 120 Å². The first-order chi connectivity index (χ1) is 9.45. The molecule has 5 heteroatoms. The van der Waals surface area contributed by atoms with E-state index in [1.807, 2.05) is 33.8 Å². The largest absolute Gasteiger partial charge is 0.354 e. The SMILES string of the molecule is Cc1cc(C)nc(N2CCC[C@@H](C(=O)NC(C)C)C2)n1. The molecule has 5 nitrogen and oxygen atoms in total. The molecule has 1 aliphatic rings. The van der Waals surface area contributed by atoms with E-state index in [0.717, 1.165) is 36.7 Å². The van der Waals surface area contributed by atoms with Crippen molar-refractivity contribution in [3.8, 4) is 0 Å². The number of piperidine rings is 1. The second kappa shape index (κ2) is 6.20. The van der Waals surface area contributed by atoms with Crippen molar-refractivity contribution in [3.05, 3.63) is 17.5 Å². The van der Waals surface area contributed by atoms with E-state index in [9.17, 15) is 4.79 Å². The zero-order valence-corrected chi connectivity index (χ0v) is 12.8. The molecular formula is C15H24N4O. The molecule has 0 aromatic carbocycles. The molecule has 0 unspecified atom stereocenters. The van der Waals surface area contributed by atoms with Crippen molar-refractivity contribution < 1.29 is 4.79 Å². The number of aryl methyl sites for hydroxylation is 2. The lowest BCUT2D eigenvalue weighted by atomic mass is 9.97. The summed E-state index contributed by atoms with van der Waals surface area (Å²) < 4.78 is 0. The Balaban J connectivity index is 2.08. The van der Waals surface area contributed by atoms with Crippen molar-refractivity contribution in [2.75, 3.05) is 18.0 Å². The number of nitrogens with zero attached hydrogens (tertiary/aromatic N) is 3. The molecular weight excluding hydrogens is 252 g/mol. The van der Waals surface area contributed by atoms with Gasteiger partial charge in [0, 0.05) is 30.5 Å². The second-order valence-electron chi connectivity index (χ2n) is 5.90. The normalized spacial score (nSPS) is 19.2. The third kappa shape index (κ3) is 3.68. The lowest BCUT2D eigenvalue weighted by Gasteiger charge is -2.32. The highest BCUT2D eigenvalue weighted by Crippen LogP contribution is 2.21. The fourth-order valence-electron chi connectivity index (χ4n) is 2.62. The van der Waals surface area contributed by atoms with Crippen molar-refractivity contribution in [2.45, 2.75) is 46.6 Å². The minimum absolute atomic E-state index is 0.0376. The Kier molecular flexibility index (Phi) is 4.57. The van der Waals surface area contributed by atoms with Gasteiger partial charge in [-0.1, -0.05) is 0 Å². The molecule has 1 fully saturated rings. The van der Waals surface area contributed by atoms with Gasteiger partial charge in [0.05, 0.1) is 5.92 Å². The molecule has 110 valence electrons. The molecule has 2 heterocycles. The van der Waals surface area contributed by atoms with Crippen molar-refractivity contribution >= 4 is 11.9 Å². The maximum atomic E-state index is 12.1. The minimum Gasteiger partial charge on any atom is -0.354 e. The maximum Gasteiger partial charge on any atom is 0.225 e. The van der Waals surface area contributed by atoms with E-state index in [-0.39, 0.29) is 17.9 Å². The summed E-state index contributed by atoms with van der Waals surface area (Å²) in [5.74, 6) is 0.939. The molecule has 1 aromatic rings. The van der Waals surface area contributed by atoms with E-state index < -0.39 is 0 Å². The van der Waals surface area contributed by atoms with Crippen molar-refractivity contribution in [2.24, 2.45) is 5.92 Å². The number of rotatable bonds is 3. The number of nitrogens with one attached hydrogen (secondary N) is 1. The van der Waals surface area contributed by atoms with Gasteiger partial charge in [-0.25, -0.2) is 9.97 Å². The molecule has 0 saturated carbocycles. The topological polar surface area (TPSA) is 58.1 Å². The molecule has 0 aliphatic carbocycles. The number of carbonyl (C=O) groups is 1. The van der Waals surface area contributed by atoms with Crippen LogP contribution in [-0.2, 0) is 4.79 Å². The zero-order valence-electron chi connectivity index (χ0n) is 12.8.